The van der Waals surface area contributed by atoms with Crippen molar-refractivity contribution < 1.29 is 4.79 Å². The summed E-state index contributed by atoms with van der Waals surface area (Å²) < 4.78 is 0. The van der Waals surface area contributed by atoms with E-state index in [-0.39, 0.29) is 12.1 Å². The van der Waals surface area contributed by atoms with Crippen LogP contribution in [0.25, 0.3) is 0 Å². The second kappa shape index (κ2) is 7.18. The van der Waals surface area contributed by atoms with E-state index < -0.39 is 0 Å². The SMILES string of the molecule is CCc1ccc(NC(=O)NCC2CCc3ccccc3N2)cc1. The molecule has 4 heteroatoms. The zero-order valence-corrected chi connectivity index (χ0v) is 13.4. The molecule has 3 rings (SSSR count). The van der Waals surface area contributed by atoms with Gasteiger partial charge in [-0.05, 0) is 48.6 Å². The highest BCUT2D eigenvalue weighted by Crippen LogP contribution is 2.23. The Morgan fingerprint density at radius 2 is 1.96 bits per heavy atom. The number of para-hydroxylation sites is 1. The number of carbonyl (C=O) groups is 1. The number of carbonyl (C=O) groups excluding carboxylic acids is 1. The molecule has 0 spiro atoms. The van der Waals surface area contributed by atoms with Crippen LogP contribution in [-0.4, -0.2) is 18.6 Å². The fraction of sp³-hybridized carbons (Fsp3) is 0.316. The van der Waals surface area contributed by atoms with E-state index in [0.717, 1.165) is 24.9 Å². The number of fused-ring (bicyclic) bond motifs is 1. The molecule has 1 aliphatic rings. The Morgan fingerprint density at radius 3 is 2.74 bits per heavy atom. The van der Waals surface area contributed by atoms with Gasteiger partial charge in [-0.1, -0.05) is 37.3 Å². The smallest absolute Gasteiger partial charge is 0.319 e. The number of aryl methyl sites for hydroxylation is 2. The Balaban J connectivity index is 1.47. The number of benzene rings is 2. The predicted molar refractivity (Wildman–Crippen MR) is 95.0 cm³/mol. The molecule has 3 N–H and O–H groups in total. The molecule has 0 aliphatic carbocycles. The number of nitrogens with one attached hydrogen (secondary N) is 3. The molecule has 0 saturated carbocycles. The van der Waals surface area contributed by atoms with Gasteiger partial charge in [0.05, 0.1) is 0 Å². The van der Waals surface area contributed by atoms with Gasteiger partial charge in [-0.3, -0.25) is 0 Å². The van der Waals surface area contributed by atoms with Crippen molar-refractivity contribution in [3.63, 3.8) is 0 Å². The van der Waals surface area contributed by atoms with E-state index in [2.05, 4.69) is 41.1 Å². The lowest BCUT2D eigenvalue weighted by atomic mass is 9.98. The predicted octanol–water partition coefficient (Wildman–Crippen LogP) is 3.80. The Bertz CT molecular complexity index is 667. The monoisotopic (exact) mass is 309 g/mol. The standard InChI is InChI=1S/C19H23N3O/c1-2-14-7-10-16(11-8-14)22-19(23)20-13-17-12-9-15-5-3-4-6-18(15)21-17/h3-8,10-11,17,21H,2,9,12-13H2,1H3,(H2,20,22,23). The lowest BCUT2D eigenvalue weighted by molar-refractivity contribution is 0.251. The van der Waals surface area contributed by atoms with Crippen molar-refractivity contribution in [3.05, 3.63) is 59.7 Å². The highest BCUT2D eigenvalue weighted by Gasteiger charge is 2.17. The minimum Gasteiger partial charge on any atom is -0.380 e. The fourth-order valence-corrected chi connectivity index (χ4v) is 2.87. The normalized spacial score (nSPS) is 16.1. The van der Waals surface area contributed by atoms with E-state index >= 15 is 0 Å². The van der Waals surface area contributed by atoms with Crippen LogP contribution in [0.4, 0.5) is 16.2 Å². The zero-order chi connectivity index (χ0) is 16.1. The summed E-state index contributed by atoms with van der Waals surface area (Å²) in [6, 6.07) is 16.4. The molecule has 0 aromatic heterocycles. The van der Waals surface area contributed by atoms with Crippen molar-refractivity contribution in [1.82, 2.24) is 5.32 Å². The van der Waals surface area contributed by atoms with Crippen LogP contribution < -0.4 is 16.0 Å². The van der Waals surface area contributed by atoms with Gasteiger partial charge in [0.15, 0.2) is 0 Å². The first-order valence-electron chi connectivity index (χ1n) is 8.23. The van der Waals surface area contributed by atoms with Gasteiger partial charge in [0.1, 0.15) is 0 Å². The van der Waals surface area contributed by atoms with Gasteiger partial charge >= 0.3 is 6.03 Å². The first kappa shape index (κ1) is 15.4. The summed E-state index contributed by atoms with van der Waals surface area (Å²) in [7, 11) is 0. The van der Waals surface area contributed by atoms with Crippen molar-refractivity contribution in [1.29, 1.82) is 0 Å². The summed E-state index contributed by atoms with van der Waals surface area (Å²) in [4.78, 5) is 12.0. The largest absolute Gasteiger partial charge is 0.380 e. The minimum atomic E-state index is -0.157. The molecule has 0 radical (unpaired) electrons. The van der Waals surface area contributed by atoms with E-state index in [1.54, 1.807) is 0 Å². The summed E-state index contributed by atoms with van der Waals surface area (Å²) in [5.74, 6) is 0. The van der Waals surface area contributed by atoms with Crippen molar-refractivity contribution in [2.24, 2.45) is 0 Å². The maximum absolute atomic E-state index is 12.0. The number of hydrogen-bond acceptors (Lipinski definition) is 2. The van der Waals surface area contributed by atoms with Crippen LogP contribution in [0.15, 0.2) is 48.5 Å². The van der Waals surface area contributed by atoms with Gasteiger partial charge in [0, 0.05) is 24.0 Å². The third-order valence-corrected chi connectivity index (χ3v) is 4.27. The second-order valence-corrected chi connectivity index (χ2v) is 5.92. The molecule has 1 atom stereocenters. The quantitative estimate of drug-likeness (QED) is 0.804. The maximum Gasteiger partial charge on any atom is 0.319 e. The number of amides is 2. The lowest BCUT2D eigenvalue weighted by Crippen LogP contribution is -2.40. The Labute approximate surface area is 137 Å². The summed E-state index contributed by atoms with van der Waals surface area (Å²) in [6.45, 7) is 2.73. The zero-order valence-electron chi connectivity index (χ0n) is 13.4. The third kappa shape index (κ3) is 4.03. The fourth-order valence-electron chi connectivity index (χ4n) is 2.87. The maximum atomic E-state index is 12.0. The molecule has 2 amide bonds. The number of rotatable bonds is 4. The lowest BCUT2D eigenvalue weighted by Gasteiger charge is -2.27. The van der Waals surface area contributed by atoms with Crippen LogP contribution in [0.5, 0.6) is 0 Å². The molecule has 1 aliphatic heterocycles. The molecule has 0 fully saturated rings. The molecule has 4 nitrogen and oxygen atoms in total. The Morgan fingerprint density at radius 1 is 1.17 bits per heavy atom. The van der Waals surface area contributed by atoms with Crippen molar-refractivity contribution in [2.45, 2.75) is 32.2 Å². The van der Waals surface area contributed by atoms with Crippen LogP contribution in [0.1, 0.15) is 24.5 Å². The van der Waals surface area contributed by atoms with Crippen LogP contribution in [-0.2, 0) is 12.8 Å². The van der Waals surface area contributed by atoms with Gasteiger partial charge in [-0.15, -0.1) is 0 Å². The van der Waals surface area contributed by atoms with Crippen molar-refractivity contribution in [3.8, 4) is 0 Å². The topological polar surface area (TPSA) is 53.2 Å². The Kier molecular flexibility index (Phi) is 4.81. The second-order valence-electron chi connectivity index (χ2n) is 5.92. The van der Waals surface area contributed by atoms with Crippen LogP contribution in [0.3, 0.4) is 0 Å². The van der Waals surface area contributed by atoms with E-state index in [1.807, 2.05) is 30.3 Å². The molecular weight excluding hydrogens is 286 g/mol. The number of urea groups is 1. The highest BCUT2D eigenvalue weighted by molar-refractivity contribution is 5.89. The molecule has 23 heavy (non-hydrogen) atoms. The molecule has 2 aromatic rings. The molecular formula is C19H23N3O. The van der Waals surface area contributed by atoms with Crippen LogP contribution >= 0.6 is 0 Å². The van der Waals surface area contributed by atoms with Crippen LogP contribution in [0, 0.1) is 0 Å². The molecule has 1 unspecified atom stereocenters. The molecule has 0 saturated heterocycles. The van der Waals surface area contributed by atoms with Crippen molar-refractivity contribution in [2.75, 3.05) is 17.2 Å². The Hall–Kier alpha value is -2.49. The average molecular weight is 309 g/mol. The molecule has 1 heterocycles. The summed E-state index contributed by atoms with van der Waals surface area (Å²) in [5, 5.41) is 9.31. The summed E-state index contributed by atoms with van der Waals surface area (Å²) >= 11 is 0. The van der Waals surface area contributed by atoms with Gasteiger partial charge in [-0.2, -0.15) is 0 Å². The van der Waals surface area contributed by atoms with E-state index in [9.17, 15) is 4.79 Å². The average Bonchev–Trinajstić information content (AvgIpc) is 2.60. The first-order chi connectivity index (χ1) is 11.2. The number of hydrogen-bond donors (Lipinski definition) is 3. The molecule has 0 bridgehead atoms. The van der Waals surface area contributed by atoms with Crippen LogP contribution in [0.2, 0.25) is 0 Å². The van der Waals surface area contributed by atoms with E-state index in [4.69, 9.17) is 0 Å². The van der Waals surface area contributed by atoms with Crippen molar-refractivity contribution >= 4 is 17.4 Å². The number of anilines is 2. The van der Waals surface area contributed by atoms with E-state index in [1.165, 1.54) is 16.8 Å². The molecule has 2 aromatic carbocycles. The van der Waals surface area contributed by atoms with Gasteiger partial charge in [0.2, 0.25) is 0 Å². The summed E-state index contributed by atoms with van der Waals surface area (Å²) in [5.41, 5.74) is 4.62. The minimum absolute atomic E-state index is 0.157. The third-order valence-electron chi connectivity index (χ3n) is 4.27. The van der Waals surface area contributed by atoms with Gasteiger partial charge in [0.25, 0.3) is 0 Å². The van der Waals surface area contributed by atoms with Gasteiger partial charge < -0.3 is 16.0 Å². The van der Waals surface area contributed by atoms with Gasteiger partial charge in [-0.25, -0.2) is 4.79 Å². The first-order valence-corrected chi connectivity index (χ1v) is 8.23. The highest BCUT2D eigenvalue weighted by atomic mass is 16.2. The van der Waals surface area contributed by atoms with E-state index in [0.29, 0.717) is 6.54 Å². The summed E-state index contributed by atoms with van der Waals surface area (Å²) in [6.07, 6.45) is 3.08. The molecule has 120 valence electrons.